The van der Waals surface area contributed by atoms with Gasteiger partial charge in [-0.25, -0.2) is 4.79 Å². The van der Waals surface area contributed by atoms with Crippen LogP contribution in [0.4, 0.5) is 4.79 Å². The number of urea groups is 1. The highest BCUT2D eigenvalue weighted by Gasteiger charge is 2.25. The number of carboxylic acid groups (broad SMARTS) is 1. The maximum atomic E-state index is 12.0. The lowest BCUT2D eigenvalue weighted by atomic mass is 10.2. The van der Waals surface area contributed by atoms with Gasteiger partial charge in [0.05, 0.1) is 19.1 Å². The monoisotopic (exact) mass is 293 g/mol. The molecule has 2 amide bonds. The number of nitrogens with one attached hydrogen (secondary N) is 1. The van der Waals surface area contributed by atoms with E-state index in [9.17, 15) is 9.59 Å². The molecule has 114 valence electrons. The molecule has 1 fully saturated rings. The van der Waals surface area contributed by atoms with Crippen molar-refractivity contribution in [2.24, 2.45) is 0 Å². The molecule has 1 unspecified atom stereocenters. The molecule has 1 atom stereocenters. The van der Waals surface area contributed by atoms with Crippen LogP contribution in [0.15, 0.2) is 24.5 Å². The van der Waals surface area contributed by atoms with Gasteiger partial charge in [-0.3, -0.25) is 9.78 Å². The van der Waals surface area contributed by atoms with Crippen LogP contribution in [-0.4, -0.2) is 59.3 Å². The third-order valence-corrected chi connectivity index (χ3v) is 3.27. The van der Waals surface area contributed by atoms with Gasteiger partial charge in [-0.1, -0.05) is 0 Å². The molecular weight excluding hydrogens is 274 g/mol. The molecule has 1 aliphatic rings. The molecule has 1 aromatic rings. The Labute approximate surface area is 122 Å². The number of hydrogen-bond donors (Lipinski definition) is 2. The number of carboxylic acids is 1. The Morgan fingerprint density at radius 1 is 1.43 bits per heavy atom. The topological polar surface area (TPSA) is 91.8 Å². The minimum Gasteiger partial charge on any atom is -0.481 e. The zero-order valence-corrected chi connectivity index (χ0v) is 11.7. The summed E-state index contributed by atoms with van der Waals surface area (Å²) in [4.78, 5) is 28.2. The molecular formula is C14H19N3O4. The van der Waals surface area contributed by atoms with E-state index in [0.29, 0.717) is 26.2 Å². The molecule has 2 N–H and O–H groups in total. The van der Waals surface area contributed by atoms with Gasteiger partial charge in [-0.05, 0) is 24.1 Å². The molecule has 1 aromatic heterocycles. The van der Waals surface area contributed by atoms with E-state index in [1.807, 2.05) is 12.1 Å². The summed E-state index contributed by atoms with van der Waals surface area (Å²) in [5.41, 5.74) is 1.11. The van der Waals surface area contributed by atoms with Crippen molar-refractivity contribution in [3.8, 4) is 0 Å². The summed E-state index contributed by atoms with van der Waals surface area (Å²) in [6, 6.07) is 3.64. The summed E-state index contributed by atoms with van der Waals surface area (Å²) in [6.07, 6.45) is 3.66. The van der Waals surface area contributed by atoms with Gasteiger partial charge in [0.2, 0.25) is 0 Å². The number of nitrogens with zero attached hydrogens (tertiary/aromatic N) is 2. The number of morpholine rings is 1. The number of pyridine rings is 1. The van der Waals surface area contributed by atoms with Gasteiger partial charge in [-0.2, -0.15) is 0 Å². The quantitative estimate of drug-likeness (QED) is 0.825. The highest BCUT2D eigenvalue weighted by atomic mass is 16.5. The fraction of sp³-hybridized carbons (Fsp3) is 0.500. The molecule has 1 aliphatic heterocycles. The summed E-state index contributed by atoms with van der Waals surface area (Å²) >= 11 is 0. The van der Waals surface area contributed by atoms with Crippen molar-refractivity contribution in [3.63, 3.8) is 0 Å². The molecule has 0 saturated carbocycles. The third-order valence-electron chi connectivity index (χ3n) is 3.27. The van der Waals surface area contributed by atoms with E-state index in [4.69, 9.17) is 9.84 Å². The van der Waals surface area contributed by atoms with Crippen molar-refractivity contribution >= 4 is 12.0 Å². The van der Waals surface area contributed by atoms with Gasteiger partial charge >= 0.3 is 12.0 Å². The first-order chi connectivity index (χ1) is 10.1. The molecule has 0 bridgehead atoms. The lowest BCUT2D eigenvalue weighted by Crippen LogP contribution is -2.50. The standard InChI is InChI=1S/C14H19N3O4/c18-13(19)9-12-10-17(7-8-21-12)14(20)16-6-3-11-1-4-15-5-2-11/h1-2,4-5,12H,3,6-10H2,(H,16,20)(H,18,19). The van der Waals surface area contributed by atoms with Crippen molar-refractivity contribution in [1.82, 2.24) is 15.2 Å². The van der Waals surface area contributed by atoms with Gasteiger partial charge in [0, 0.05) is 32.0 Å². The number of hydrogen-bond acceptors (Lipinski definition) is 4. The summed E-state index contributed by atoms with van der Waals surface area (Å²) in [5, 5.41) is 11.6. The minimum atomic E-state index is -0.917. The Morgan fingerprint density at radius 3 is 2.90 bits per heavy atom. The Hall–Kier alpha value is -2.15. The zero-order valence-electron chi connectivity index (χ0n) is 11.7. The van der Waals surface area contributed by atoms with E-state index in [1.165, 1.54) is 0 Å². The second kappa shape index (κ2) is 7.58. The van der Waals surface area contributed by atoms with Crippen LogP contribution in [0.1, 0.15) is 12.0 Å². The maximum Gasteiger partial charge on any atom is 0.317 e. The number of carbonyl (C=O) groups is 2. The summed E-state index contributed by atoms with van der Waals surface area (Å²) < 4.78 is 5.33. The van der Waals surface area contributed by atoms with Gasteiger partial charge in [-0.15, -0.1) is 0 Å². The van der Waals surface area contributed by atoms with Crippen LogP contribution in [0.3, 0.4) is 0 Å². The minimum absolute atomic E-state index is 0.0825. The lowest BCUT2D eigenvalue weighted by Gasteiger charge is -2.32. The predicted molar refractivity (Wildman–Crippen MR) is 74.9 cm³/mol. The normalized spacial score (nSPS) is 18.3. The molecule has 7 heteroatoms. The number of rotatable bonds is 5. The average Bonchev–Trinajstić information content (AvgIpc) is 2.48. The fourth-order valence-electron chi connectivity index (χ4n) is 2.20. The molecule has 1 saturated heterocycles. The van der Waals surface area contributed by atoms with Crippen molar-refractivity contribution in [1.29, 1.82) is 0 Å². The number of ether oxygens (including phenoxy) is 1. The Morgan fingerprint density at radius 2 is 2.19 bits per heavy atom. The second-order valence-corrected chi connectivity index (χ2v) is 4.87. The van der Waals surface area contributed by atoms with E-state index < -0.39 is 12.1 Å². The van der Waals surface area contributed by atoms with Crippen molar-refractivity contribution in [3.05, 3.63) is 30.1 Å². The Balaban J connectivity index is 1.73. The Bertz CT molecular complexity index is 480. The molecule has 0 aliphatic carbocycles. The largest absolute Gasteiger partial charge is 0.481 e. The van der Waals surface area contributed by atoms with Crippen LogP contribution in [0.25, 0.3) is 0 Å². The number of aromatic nitrogens is 1. The van der Waals surface area contributed by atoms with Gasteiger partial charge in [0.1, 0.15) is 0 Å². The molecule has 21 heavy (non-hydrogen) atoms. The van der Waals surface area contributed by atoms with Crippen LogP contribution < -0.4 is 5.32 Å². The van der Waals surface area contributed by atoms with Crippen molar-refractivity contribution in [2.75, 3.05) is 26.2 Å². The number of aliphatic carboxylic acids is 1. The van der Waals surface area contributed by atoms with E-state index in [1.54, 1.807) is 17.3 Å². The molecule has 0 aromatic carbocycles. The summed E-state index contributed by atoms with van der Waals surface area (Å²) in [7, 11) is 0. The SMILES string of the molecule is O=C(O)CC1CN(C(=O)NCCc2ccncc2)CCO1. The predicted octanol–water partition coefficient (Wildman–Crippen LogP) is 0.509. The van der Waals surface area contributed by atoms with E-state index in [0.717, 1.165) is 12.0 Å². The van der Waals surface area contributed by atoms with Gasteiger partial charge < -0.3 is 20.1 Å². The smallest absolute Gasteiger partial charge is 0.317 e. The average molecular weight is 293 g/mol. The van der Waals surface area contributed by atoms with E-state index >= 15 is 0 Å². The highest BCUT2D eigenvalue weighted by Crippen LogP contribution is 2.08. The first-order valence-corrected chi connectivity index (χ1v) is 6.90. The Kier molecular flexibility index (Phi) is 5.51. The first-order valence-electron chi connectivity index (χ1n) is 6.90. The highest BCUT2D eigenvalue weighted by molar-refractivity contribution is 5.74. The maximum absolute atomic E-state index is 12.0. The zero-order chi connectivity index (χ0) is 15.1. The number of carbonyl (C=O) groups excluding carboxylic acids is 1. The van der Waals surface area contributed by atoms with E-state index in [-0.39, 0.29) is 12.5 Å². The van der Waals surface area contributed by atoms with Crippen LogP contribution in [0.2, 0.25) is 0 Å². The van der Waals surface area contributed by atoms with Crippen molar-refractivity contribution < 1.29 is 19.4 Å². The van der Waals surface area contributed by atoms with Gasteiger partial charge in [0.15, 0.2) is 0 Å². The molecule has 2 heterocycles. The second-order valence-electron chi connectivity index (χ2n) is 4.87. The molecule has 0 spiro atoms. The van der Waals surface area contributed by atoms with Crippen LogP contribution in [-0.2, 0) is 16.0 Å². The third kappa shape index (κ3) is 5.03. The summed E-state index contributed by atoms with van der Waals surface area (Å²) in [6.45, 7) is 1.70. The molecule has 2 rings (SSSR count). The van der Waals surface area contributed by atoms with Crippen molar-refractivity contribution in [2.45, 2.75) is 18.9 Å². The number of amides is 2. The van der Waals surface area contributed by atoms with E-state index in [2.05, 4.69) is 10.3 Å². The summed E-state index contributed by atoms with van der Waals surface area (Å²) in [5.74, 6) is -0.917. The lowest BCUT2D eigenvalue weighted by molar-refractivity contribution is -0.141. The first kappa shape index (κ1) is 15.2. The van der Waals surface area contributed by atoms with Crippen LogP contribution in [0, 0.1) is 0 Å². The molecule has 7 nitrogen and oxygen atoms in total. The molecule has 0 radical (unpaired) electrons. The van der Waals surface area contributed by atoms with Crippen LogP contribution in [0.5, 0.6) is 0 Å². The fourth-order valence-corrected chi connectivity index (χ4v) is 2.20. The van der Waals surface area contributed by atoms with Crippen LogP contribution >= 0.6 is 0 Å². The van der Waals surface area contributed by atoms with Gasteiger partial charge in [0.25, 0.3) is 0 Å².